The van der Waals surface area contributed by atoms with E-state index in [0.29, 0.717) is 24.7 Å². The van der Waals surface area contributed by atoms with Crippen LogP contribution in [0.3, 0.4) is 0 Å². The molecule has 0 aromatic carbocycles. The second kappa shape index (κ2) is 11.6. The number of ether oxygens (including phenoxy) is 3. The molecule has 1 rings (SSSR count). The van der Waals surface area contributed by atoms with Gasteiger partial charge in [0.15, 0.2) is 6.10 Å². The second-order valence-corrected chi connectivity index (χ2v) is 8.19. The fourth-order valence-corrected chi connectivity index (χ4v) is 2.59. The molecule has 1 saturated heterocycles. The first-order valence-corrected chi connectivity index (χ1v) is 9.98. The van der Waals surface area contributed by atoms with E-state index in [1.807, 2.05) is 27.7 Å². The van der Waals surface area contributed by atoms with Gasteiger partial charge in [0.05, 0.1) is 18.9 Å². The monoisotopic (exact) mass is 425 g/mol. The fourth-order valence-electron chi connectivity index (χ4n) is 2.59. The van der Waals surface area contributed by atoms with Crippen molar-refractivity contribution in [2.24, 2.45) is 10.7 Å². The van der Waals surface area contributed by atoms with E-state index in [4.69, 9.17) is 15.2 Å². The van der Waals surface area contributed by atoms with Gasteiger partial charge in [0.1, 0.15) is 18.0 Å². The van der Waals surface area contributed by atoms with E-state index in [-0.39, 0.29) is 18.7 Å². The Balaban J connectivity index is 2.55. The Morgan fingerprint density at radius 1 is 1.23 bits per heavy atom. The molecule has 0 spiro atoms. The van der Waals surface area contributed by atoms with Crippen molar-refractivity contribution >= 4 is 17.9 Å². The van der Waals surface area contributed by atoms with Crippen LogP contribution >= 0.6 is 0 Å². The third-order valence-electron chi connectivity index (χ3n) is 4.35. The minimum absolute atomic E-state index is 0.0450. The Kier molecular flexibility index (Phi) is 9.84. The Morgan fingerprint density at radius 3 is 2.37 bits per heavy atom. The standard InChI is InChI=1S/C21H35N3O6/c1-14(7-8-15(2)29-13-17(25)19(26)28-6)18(22)23-16-9-11-24(12-10-16)20(27)30-21(3,4)5/h7-8,16-17,25H,9-13H2,1-6H3,(H2,22,23). The van der Waals surface area contributed by atoms with Crippen LogP contribution in [0.4, 0.5) is 4.79 Å². The Labute approximate surface area is 178 Å². The average Bonchev–Trinajstić information content (AvgIpc) is 2.68. The fraction of sp³-hybridized carbons (Fsp3) is 0.667. The highest BCUT2D eigenvalue weighted by atomic mass is 16.6. The normalized spacial score (nSPS) is 18.1. The lowest BCUT2D eigenvalue weighted by Crippen LogP contribution is -2.42. The summed E-state index contributed by atoms with van der Waals surface area (Å²) in [5, 5.41) is 9.51. The maximum Gasteiger partial charge on any atom is 0.410 e. The topological polar surface area (TPSA) is 124 Å². The molecule has 30 heavy (non-hydrogen) atoms. The van der Waals surface area contributed by atoms with Crippen LogP contribution in [0.25, 0.3) is 0 Å². The zero-order valence-corrected chi connectivity index (χ0v) is 18.8. The van der Waals surface area contributed by atoms with Crippen LogP contribution < -0.4 is 5.73 Å². The highest BCUT2D eigenvalue weighted by Gasteiger charge is 2.26. The number of amides is 1. The van der Waals surface area contributed by atoms with Gasteiger partial charge in [-0.05, 0) is 59.1 Å². The molecule has 0 aliphatic carbocycles. The van der Waals surface area contributed by atoms with Crippen LogP contribution in [0.2, 0.25) is 0 Å². The van der Waals surface area contributed by atoms with Crippen molar-refractivity contribution in [1.29, 1.82) is 0 Å². The molecule has 0 aromatic rings. The molecule has 0 aromatic heterocycles. The number of carbonyl (C=O) groups excluding carboxylic acids is 2. The number of methoxy groups -OCH3 is 1. The maximum absolute atomic E-state index is 12.1. The zero-order valence-electron chi connectivity index (χ0n) is 18.8. The Hall–Kier alpha value is -2.55. The number of aliphatic hydroxyl groups is 1. The van der Waals surface area contributed by atoms with Crippen LogP contribution in [0.1, 0.15) is 47.5 Å². The van der Waals surface area contributed by atoms with Crippen molar-refractivity contribution in [3.8, 4) is 0 Å². The first kappa shape index (κ1) is 25.5. The highest BCUT2D eigenvalue weighted by Crippen LogP contribution is 2.17. The number of hydrogen-bond donors (Lipinski definition) is 2. The molecule has 1 atom stereocenters. The number of amidine groups is 1. The zero-order chi connectivity index (χ0) is 22.9. The molecule has 0 radical (unpaired) electrons. The van der Waals surface area contributed by atoms with Gasteiger partial charge in [0, 0.05) is 13.1 Å². The van der Waals surface area contributed by atoms with Gasteiger partial charge in [-0.15, -0.1) is 0 Å². The predicted molar refractivity (Wildman–Crippen MR) is 114 cm³/mol. The predicted octanol–water partition coefficient (Wildman–Crippen LogP) is 2.14. The summed E-state index contributed by atoms with van der Waals surface area (Å²) in [6.45, 7) is 10.0. The molecule has 1 aliphatic heterocycles. The summed E-state index contributed by atoms with van der Waals surface area (Å²) < 4.78 is 15.1. The van der Waals surface area contributed by atoms with E-state index >= 15 is 0 Å². The molecule has 0 saturated carbocycles. The molecular formula is C21H35N3O6. The summed E-state index contributed by atoms with van der Waals surface area (Å²) in [6.07, 6.45) is 3.25. The summed E-state index contributed by atoms with van der Waals surface area (Å²) in [5.41, 5.74) is 6.35. The summed E-state index contributed by atoms with van der Waals surface area (Å²) in [5.74, 6) is 0.184. The molecule has 1 unspecified atom stereocenters. The molecule has 170 valence electrons. The van der Waals surface area contributed by atoms with E-state index in [9.17, 15) is 14.7 Å². The van der Waals surface area contributed by atoms with Gasteiger partial charge in [-0.2, -0.15) is 0 Å². The molecule has 1 amide bonds. The third kappa shape index (κ3) is 9.30. The number of aliphatic hydroxyl groups excluding tert-OH is 1. The van der Waals surface area contributed by atoms with Crippen LogP contribution in [0.5, 0.6) is 0 Å². The summed E-state index contributed by atoms with van der Waals surface area (Å²) in [4.78, 5) is 29.5. The maximum atomic E-state index is 12.1. The van der Waals surface area contributed by atoms with Crippen molar-refractivity contribution in [2.75, 3.05) is 26.8 Å². The lowest BCUT2D eigenvalue weighted by molar-refractivity contribution is -0.152. The average molecular weight is 426 g/mol. The number of nitrogens with two attached hydrogens (primary N) is 1. The Bertz CT molecular complexity index is 685. The minimum Gasteiger partial charge on any atom is -0.495 e. The largest absolute Gasteiger partial charge is 0.495 e. The molecule has 1 fully saturated rings. The first-order valence-electron chi connectivity index (χ1n) is 9.98. The molecule has 9 heteroatoms. The first-order chi connectivity index (χ1) is 13.9. The lowest BCUT2D eigenvalue weighted by Gasteiger charge is -2.32. The molecule has 9 nitrogen and oxygen atoms in total. The number of piperidine rings is 1. The number of nitrogens with zero attached hydrogens (tertiary/aromatic N) is 2. The number of likely N-dealkylation sites (tertiary alicyclic amines) is 1. The lowest BCUT2D eigenvalue weighted by atomic mass is 10.1. The van der Waals surface area contributed by atoms with Gasteiger partial charge in [0.2, 0.25) is 0 Å². The number of hydrogen-bond acceptors (Lipinski definition) is 7. The second-order valence-electron chi connectivity index (χ2n) is 8.19. The van der Waals surface area contributed by atoms with Gasteiger partial charge in [-0.1, -0.05) is 6.08 Å². The Morgan fingerprint density at radius 2 is 1.83 bits per heavy atom. The molecule has 3 N–H and O–H groups in total. The van der Waals surface area contributed by atoms with Crippen LogP contribution in [-0.2, 0) is 19.0 Å². The van der Waals surface area contributed by atoms with E-state index in [2.05, 4.69) is 9.73 Å². The van der Waals surface area contributed by atoms with Crippen LogP contribution in [0, 0.1) is 0 Å². The van der Waals surface area contributed by atoms with Crippen molar-refractivity contribution < 1.29 is 28.9 Å². The van der Waals surface area contributed by atoms with E-state index in [0.717, 1.165) is 18.4 Å². The number of carbonyl (C=O) groups is 2. The smallest absolute Gasteiger partial charge is 0.410 e. The van der Waals surface area contributed by atoms with Crippen molar-refractivity contribution in [3.63, 3.8) is 0 Å². The van der Waals surface area contributed by atoms with E-state index < -0.39 is 17.7 Å². The van der Waals surface area contributed by atoms with E-state index in [1.165, 1.54) is 7.11 Å². The van der Waals surface area contributed by atoms with Gasteiger partial charge < -0.3 is 30.0 Å². The van der Waals surface area contributed by atoms with Gasteiger partial charge in [0.25, 0.3) is 0 Å². The minimum atomic E-state index is -1.33. The van der Waals surface area contributed by atoms with Gasteiger partial charge in [-0.25, -0.2) is 9.59 Å². The number of rotatable bonds is 7. The third-order valence-corrected chi connectivity index (χ3v) is 4.35. The number of allylic oxidation sites excluding steroid dienone is 3. The van der Waals surface area contributed by atoms with Crippen molar-refractivity contribution in [3.05, 3.63) is 23.5 Å². The summed E-state index contributed by atoms with van der Waals surface area (Å²) >= 11 is 0. The molecule has 1 aliphatic rings. The molecule has 1 heterocycles. The van der Waals surface area contributed by atoms with Crippen molar-refractivity contribution in [2.45, 2.75) is 65.2 Å². The quantitative estimate of drug-likeness (QED) is 0.211. The van der Waals surface area contributed by atoms with Gasteiger partial charge >= 0.3 is 12.1 Å². The highest BCUT2D eigenvalue weighted by molar-refractivity contribution is 5.96. The molecular weight excluding hydrogens is 390 g/mol. The van der Waals surface area contributed by atoms with Crippen LogP contribution in [0.15, 0.2) is 28.5 Å². The number of aliphatic imine (C=N–C) groups is 1. The summed E-state index contributed by atoms with van der Waals surface area (Å²) in [7, 11) is 1.20. The van der Waals surface area contributed by atoms with Crippen molar-refractivity contribution in [1.82, 2.24) is 4.90 Å². The van der Waals surface area contributed by atoms with Gasteiger partial charge in [-0.3, -0.25) is 4.99 Å². The summed E-state index contributed by atoms with van der Waals surface area (Å²) in [6, 6.07) is 0.0450. The van der Waals surface area contributed by atoms with Crippen LogP contribution in [-0.4, -0.2) is 72.5 Å². The molecule has 0 bridgehead atoms. The SMILES string of the molecule is COC(=O)C(O)COC(C)=CC=C(C)C(N)=NC1CCN(C(=O)OC(C)(C)C)CC1. The van der Waals surface area contributed by atoms with E-state index in [1.54, 1.807) is 24.0 Å². The number of esters is 1.